The van der Waals surface area contributed by atoms with Crippen molar-refractivity contribution in [2.75, 3.05) is 0 Å². The first-order valence-corrected chi connectivity index (χ1v) is 7.68. The molecule has 0 heterocycles. The normalized spacial score (nSPS) is 16.1. The Balaban J connectivity index is 1.64. The second-order valence-corrected chi connectivity index (χ2v) is 6.05. The van der Waals surface area contributed by atoms with E-state index in [1.54, 1.807) is 0 Å². The molecule has 0 amide bonds. The average molecular weight is 286 g/mol. The van der Waals surface area contributed by atoms with E-state index >= 15 is 0 Å². The molecule has 3 rings (SSSR count). The molecule has 20 heavy (non-hydrogen) atoms. The van der Waals surface area contributed by atoms with Gasteiger partial charge in [0.2, 0.25) is 0 Å². The number of hydrogen-bond donors (Lipinski definition) is 1. The molecule has 1 saturated carbocycles. The van der Waals surface area contributed by atoms with Crippen LogP contribution in [-0.2, 0) is 6.54 Å². The third kappa shape index (κ3) is 3.23. The number of nitrogens with one attached hydrogen (secondary N) is 1. The molecule has 0 bridgehead atoms. The predicted octanol–water partition coefficient (Wildman–Crippen LogP) is 5.07. The van der Waals surface area contributed by atoms with E-state index in [2.05, 4.69) is 42.6 Å². The van der Waals surface area contributed by atoms with E-state index in [1.165, 1.54) is 24.0 Å². The van der Waals surface area contributed by atoms with E-state index in [4.69, 9.17) is 11.6 Å². The van der Waals surface area contributed by atoms with Crippen LogP contribution in [0.5, 0.6) is 0 Å². The third-order valence-corrected chi connectivity index (χ3v) is 4.33. The smallest absolute Gasteiger partial charge is 0.0453 e. The first-order chi connectivity index (χ1) is 9.74. The Morgan fingerprint density at radius 1 is 1.15 bits per heavy atom. The van der Waals surface area contributed by atoms with Gasteiger partial charge in [-0.25, -0.2) is 0 Å². The highest BCUT2D eigenvalue weighted by Gasteiger charge is 2.23. The standard InChI is InChI=1S/C18H20ClN/c1-13(17-7-2-3-8-18(17)19)20-12-14-5-4-6-16(11-14)15-9-10-15/h2-8,11,13,15,20H,9-10,12H2,1H3/t13-/m0/s1. The van der Waals surface area contributed by atoms with Crippen LogP contribution in [0.4, 0.5) is 0 Å². The maximum atomic E-state index is 6.24. The van der Waals surface area contributed by atoms with Crippen molar-refractivity contribution >= 4 is 11.6 Å². The Morgan fingerprint density at radius 2 is 1.95 bits per heavy atom. The molecule has 2 aromatic rings. The van der Waals surface area contributed by atoms with Crippen molar-refractivity contribution < 1.29 is 0 Å². The molecule has 1 N–H and O–H groups in total. The van der Waals surface area contributed by atoms with Gasteiger partial charge in [-0.1, -0.05) is 54.1 Å². The van der Waals surface area contributed by atoms with E-state index < -0.39 is 0 Å². The zero-order chi connectivity index (χ0) is 13.9. The molecule has 2 heteroatoms. The van der Waals surface area contributed by atoms with Crippen LogP contribution in [0, 0.1) is 0 Å². The zero-order valence-corrected chi connectivity index (χ0v) is 12.5. The fraction of sp³-hybridized carbons (Fsp3) is 0.333. The molecular weight excluding hydrogens is 266 g/mol. The Morgan fingerprint density at radius 3 is 2.70 bits per heavy atom. The first kappa shape index (κ1) is 13.7. The van der Waals surface area contributed by atoms with Crippen molar-refractivity contribution in [1.29, 1.82) is 0 Å². The molecule has 0 radical (unpaired) electrons. The van der Waals surface area contributed by atoms with Gasteiger partial charge in [-0.2, -0.15) is 0 Å². The highest BCUT2D eigenvalue weighted by Crippen LogP contribution is 2.40. The summed E-state index contributed by atoms with van der Waals surface area (Å²) >= 11 is 6.24. The maximum Gasteiger partial charge on any atom is 0.0453 e. The van der Waals surface area contributed by atoms with Crippen LogP contribution in [-0.4, -0.2) is 0 Å². The average Bonchev–Trinajstić information content (AvgIpc) is 3.30. The van der Waals surface area contributed by atoms with Crippen molar-refractivity contribution in [1.82, 2.24) is 5.32 Å². The van der Waals surface area contributed by atoms with Gasteiger partial charge >= 0.3 is 0 Å². The Kier molecular flexibility index (Phi) is 4.09. The molecule has 0 aromatic heterocycles. The van der Waals surface area contributed by atoms with Crippen LogP contribution in [0.2, 0.25) is 5.02 Å². The molecule has 0 spiro atoms. The Hall–Kier alpha value is -1.31. The lowest BCUT2D eigenvalue weighted by Crippen LogP contribution is -2.18. The minimum Gasteiger partial charge on any atom is -0.306 e. The van der Waals surface area contributed by atoms with Gasteiger partial charge < -0.3 is 5.32 Å². The Bertz CT molecular complexity index is 589. The number of hydrogen-bond acceptors (Lipinski definition) is 1. The quantitative estimate of drug-likeness (QED) is 0.809. The summed E-state index contributed by atoms with van der Waals surface area (Å²) in [5.74, 6) is 0.816. The second-order valence-electron chi connectivity index (χ2n) is 5.64. The highest BCUT2D eigenvalue weighted by atomic mass is 35.5. The van der Waals surface area contributed by atoms with Gasteiger partial charge in [0.25, 0.3) is 0 Å². The van der Waals surface area contributed by atoms with Crippen LogP contribution in [0.25, 0.3) is 0 Å². The molecule has 1 fully saturated rings. The van der Waals surface area contributed by atoms with Gasteiger partial charge in [0.05, 0.1) is 0 Å². The van der Waals surface area contributed by atoms with Gasteiger partial charge in [-0.3, -0.25) is 0 Å². The van der Waals surface area contributed by atoms with Crippen LogP contribution < -0.4 is 5.32 Å². The predicted molar refractivity (Wildman–Crippen MR) is 85.1 cm³/mol. The summed E-state index contributed by atoms with van der Waals surface area (Å²) in [6.07, 6.45) is 2.71. The van der Waals surface area contributed by atoms with Crippen molar-refractivity contribution in [3.8, 4) is 0 Å². The monoisotopic (exact) mass is 285 g/mol. The van der Waals surface area contributed by atoms with E-state index in [-0.39, 0.29) is 6.04 Å². The summed E-state index contributed by atoms with van der Waals surface area (Å²) in [4.78, 5) is 0. The third-order valence-electron chi connectivity index (χ3n) is 3.98. The van der Waals surface area contributed by atoms with E-state index in [1.807, 2.05) is 18.2 Å². The molecule has 1 nitrogen and oxygen atoms in total. The summed E-state index contributed by atoms with van der Waals surface area (Å²) in [7, 11) is 0. The van der Waals surface area contributed by atoms with Gasteiger partial charge in [0.15, 0.2) is 0 Å². The van der Waals surface area contributed by atoms with E-state index in [0.29, 0.717) is 0 Å². The van der Waals surface area contributed by atoms with Crippen LogP contribution in [0.15, 0.2) is 48.5 Å². The van der Waals surface area contributed by atoms with Crippen molar-refractivity contribution in [2.24, 2.45) is 0 Å². The van der Waals surface area contributed by atoms with Gasteiger partial charge in [0, 0.05) is 17.6 Å². The van der Waals surface area contributed by atoms with Crippen LogP contribution in [0.1, 0.15) is 48.4 Å². The van der Waals surface area contributed by atoms with E-state index in [9.17, 15) is 0 Å². The zero-order valence-electron chi connectivity index (χ0n) is 11.8. The van der Waals surface area contributed by atoms with Crippen molar-refractivity contribution in [3.05, 3.63) is 70.2 Å². The summed E-state index contributed by atoms with van der Waals surface area (Å²) in [6, 6.07) is 17.2. The lowest BCUT2D eigenvalue weighted by atomic mass is 10.1. The lowest BCUT2D eigenvalue weighted by Gasteiger charge is -2.16. The molecular formula is C18H20ClN. The van der Waals surface area contributed by atoms with Crippen LogP contribution in [0.3, 0.4) is 0 Å². The lowest BCUT2D eigenvalue weighted by molar-refractivity contribution is 0.574. The molecule has 0 unspecified atom stereocenters. The Labute approximate surface area is 126 Å². The summed E-state index contributed by atoms with van der Waals surface area (Å²) in [5.41, 5.74) is 4.01. The fourth-order valence-electron chi connectivity index (χ4n) is 2.58. The van der Waals surface area contributed by atoms with Crippen molar-refractivity contribution in [2.45, 2.75) is 38.3 Å². The molecule has 0 aliphatic heterocycles. The summed E-state index contributed by atoms with van der Waals surface area (Å²) in [5, 5.41) is 4.39. The molecule has 0 saturated heterocycles. The maximum absolute atomic E-state index is 6.24. The molecule has 1 aliphatic carbocycles. The minimum absolute atomic E-state index is 0.258. The van der Waals surface area contributed by atoms with Gasteiger partial charge in [-0.05, 0) is 48.4 Å². The number of rotatable bonds is 5. The molecule has 1 atom stereocenters. The fourth-order valence-corrected chi connectivity index (χ4v) is 2.88. The van der Waals surface area contributed by atoms with Crippen molar-refractivity contribution in [3.63, 3.8) is 0 Å². The molecule has 2 aromatic carbocycles. The SMILES string of the molecule is C[C@H](NCc1cccc(C2CC2)c1)c1ccccc1Cl. The topological polar surface area (TPSA) is 12.0 Å². The highest BCUT2D eigenvalue weighted by molar-refractivity contribution is 6.31. The molecule has 1 aliphatic rings. The van der Waals surface area contributed by atoms with E-state index in [0.717, 1.165) is 23.0 Å². The number of halogens is 1. The summed E-state index contributed by atoms with van der Waals surface area (Å²) in [6.45, 7) is 3.04. The van der Waals surface area contributed by atoms with Crippen LogP contribution >= 0.6 is 11.6 Å². The minimum atomic E-state index is 0.258. The van der Waals surface area contributed by atoms with Gasteiger partial charge in [0.1, 0.15) is 0 Å². The largest absolute Gasteiger partial charge is 0.306 e. The molecule has 104 valence electrons. The first-order valence-electron chi connectivity index (χ1n) is 7.30. The second kappa shape index (κ2) is 5.99. The summed E-state index contributed by atoms with van der Waals surface area (Å²) < 4.78 is 0. The number of benzene rings is 2. The van der Waals surface area contributed by atoms with Gasteiger partial charge in [-0.15, -0.1) is 0 Å².